The van der Waals surface area contributed by atoms with Gasteiger partial charge in [-0.25, -0.2) is 4.98 Å². The Hall–Kier alpha value is -1.79. The highest BCUT2D eigenvalue weighted by molar-refractivity contribution is 7.15. The highest BCUT2D eigenvalue weighted by atomic mass is 32.1. The maximum absolute atomic E-state index is 11.3. The third-order valence-electron chi connectivity index (χ3n) is 2.83. The van der Waals surface area contributed by atoms with Gasteiger partial charge in [0.1, 0.15) is 11.2 Å². The zero-order chi connectivity index (χ0) is 12.5. The summed E-state index contributed by atoms with van der Waals surface area (Å²) in [5.74, 6) is 0.0545. The van der Waals surface area contributed by atoms with Crippen molar-refractivity contribution in [2.45, 2.75) is 6.17 Å². The van der Waals surface area contributed by atoms with Gasteiger partial charge < -0.3 is 5.32 Å². The molecule has 0 aromatic carbocycles. The van der Waals surface area contributed by atoms with Crippen molar-refractivity contribution in [3.8, 4) is 10.6 Å². The van der Waals surface area contributed by atoms with Crippen molar-refractivity contribution in [3.63, 3.8) is 0 Å². The smallest absolute Gasteiger partial charge is 0.235 e. The zero-order valence-electron chi connectivity index (χ0n) is 9.83. The van der Waals surface area contributed by atoms with Crippen molar-refractivity contribution in [3.05, 3.63) is 35.6 Å². The maximum atomic E-state index is 11.3. The Morgan fingerprint density at radius 3 is 3.06 bits per heavy atom. The third kappa shape index (κ3) is 2.00. The van der Waals surface area contributed by atoms with E-state index >= 15 is 0 Å². The van der Waals surface area contributed by atoms with Gasteiger partial charge in [-0.3, -0.25) is 14.7 Å². The lowest BCUT2D eigenvalue weighted by Crippen LogP contribution is -2.23. The SMILES string of the molecule is CN1CC(=O)NC1c1cnc(-c2cccnc2)s1. The van der Waals surface area contributed by atoms with Crippen LogP contribution in [0.15, 0.2) is 30.7 Å². The van der Waals surface area contributed by atoms with Crippen LogP contribution in [0.1, 0.15) is 11.0 Å². The lowest BCUT2D eigenvalue weighted by Gasteiger charge is -2.15. The Balaban J connectivity index is 1.88. The normalized spacial score (nSPS) is 20.1. The van der Waals surface area contributed by atoms with E-state index < -0.39 is 0 Å². The van der Waals surface area contributed by atoms with Crippen molar-refractivity contribution in [1.29, 1.82) is 0 Å². The van der Waals surface area contributed by atoms with Gasteiger partial charge in [0.05, 0.1) is 11.4 Å². The first-order valence-electron chi connectivity index (χ1n) is 5.60. The number of nitrogens with one attached hydrogen (secondary N) is 1. The van der Waals surface area contributed by atoms with E-state index in [0.717, 1.165) is 15.4 Å². The molecule has 1 fully saturated rings. The number of nitrogens with zero attached hydrogens (tertiary/aromatic N) is 3. The van der Waals surface area contributed by atoms with E-state index in [1.54, 1.807) is 23.7 Å². The number of amides is 1. The van der Waals surface area contributed by atoms with Crippen molar-refractivity contribution in [2.75, 3.05) is 13.6 Å². The number of aromatic nitrogens is 2. The van der Waals surface area contributed by atoms with Gasteiger partial charge in [-0.15, -0.1) is 11.3 Å². The van der Waals surface area contributed by atoms with Gasteiger partial charge in [-0.1, -0.05) is 0 Å². The maximum Gasteiger partial charge on any atom is 0.235 e. The molecule has 0 bridgehead atoms. The number of carbonyl (C=O) groups is 1. The molecule has 2 aromatic rings. The van der Waals surface area contributed by atoms with Gasteiger partial charge in [0.25, 0.3) is 0 Å². The quantitative estimate of drug-likeness (QED) is 0.883. The summed E-state index contributed by atoms with van der Waals surface area (Å²) in [6, 6.07) is 3.87. The number of hydrogen-bond donors (Lipinski definition) is 1. The number of pyridine rings is 1. The van der Waals surface area contributed by atoms with E-state index in [1.807, 2.05) is 30.3 Å². The molecule has 1 saturated heterocycles. The monoisotopic (exact) mass is 260 g/mol. The number of likely N-dealkylation sites (N-methyl/N-ethyl adjacent to an activating group) is 1. The fourth-order valence-electron chi connectivity index (χ4n) is 1.95. The van der Waals surface area contributed by atoms with Gasteiger partial charge in [-0.05, 0) is 19.2 Å². The van der Waals surface area contributed by atoms with Gasteiger partial charge in [0.15, 0.2) is 0 Å². The first-order chi connectivity index (χ1) is 8.74. The van der Waals surface area contributed by atoms with Crippen LogP contribution in [-0.2, 0) is 4.79 Å². The molecule has 5 nitrogen and oxygen atoms in total. The minimum Gasteiger partial charge on any atom is -0.335 e. The van der Waals surface area contributed by atoms with Crippen molar-refractivity contribution < 1.29 is 4.79 Å². The molecule has 0 saturated carbocycles. The van der Waals surface area contributed by atoms with Gasteiger partial charge in [0, 0.05) is 24.2 Å². The molecule has 2 aromatic heterocycles. The molecule has 0 radical (unpaired) electrons. The number of rotatable bonds is 2. The fraction of sp³-hybridized carbons (Fsp3) is 0.250. The van der Waals surface area contributed by atoms with E-state index in [1.165, 1.54) is 0 Å². The molecular formula is C12H12N4OS. The van der Waals surface area contributed by atoms with Crippen LogP contribution in [0.5, 0.6) is 0 Å². The average molecular weight is 260 g/mol. The lowest BCUT2D eigenvalue weighted by atomic mass is 10.3. The molecule has 18 heavy (non-hydrogen) atoms. The summed E-state index contributed by atoms with van der Waals surface area (Å²) < 4.78 is 0. The van der Waals surface area contributed by atoms with Crippen LogP contribution in [0.3, 0.4) is 0 Å². The second-order valence-corrected chi connectivity index (χ2v) is 5.26. The predicted octanol–water partition coefficient (Wildman–Crippen LogP) is 1.27. The average Bonchev–Trinajstić information content (AvgIpc) is 2.97. The van der Waals surface area contributed by atoms with Crippen molar-refractivity contribution in [1.82, 2.24) is 20.2 Å². The van der Waals surface area contributed by atoms with Crippen LogP contribution in [0.25, 0.3) is 10.6 Å². The molecule has 1 atom stereocenters. The standard InChI is InChI=1S/C12H12N4OS/c1-16-7-10(17)15-11(16)9-6-14-12(18-9)8-3-2-4-13-5-8/h2-6,11H,7H2,1H3,(H,15,17). The molecule has 92 valence electrons. The van der Waals surface area contributed by atoms with Crippen LogP contribution in [0, 0.1) is 0 Å². The highest BCUT2D eigenvalue weighted by Gasteiger charge is 2.29. The fourth-order valence-corrected chi connectivity index (χ4v) is 2.97. The van der Waals surface area contributed by atoms with Crippen LogP contribution in [-0.4, -0.2) is 34.4 Å². The molecule has 3 heterocycles. The zero-order valence-corrected chi connectivity index (χ0v) is 10.6. The lowest BCUT2D eigenvalue weighted by molar-refractivity contribution is -0.118. The molecule has 0 spiro atoms. The van der Waals surface area contributed by atoms with E-state index in [9.17, 15) is 4.79 Å². The molecule has 3 rings (SSSR count). The van der Waals surface area contributed by atoms with Crippen molar-refractivity contribution in [2.24, 2.45) is 0 Å². The largest absolute Gasteiger partial charge is 0.335 e. The van der Waals surface area contributed by atoms with E-state index in [4.69, 9.17) is 0 Å². The summed E-state index contributed by atoms with van der Waals surface area (Å²) in [6.07, 6.45) is 5.29. The molecular weight excluding hydrogens is 248 g/mol. The van der Waals surface area contributed by atoms with E-state index in [0.29, 0.717) is 6.54 Å². The first-order valence-corrected chi connectivity index (χ1v) is 6.41. The second kappa shape index (κ2) is 4.47. The predicted molar refractivity (Wildman–Crippen MR) is 68.9 cm³/mol. The molecule has 1 aliphatic heterocycles. The van der Waals surface area contributed by atoms with Gasteiger partial charge in [0.2, 0.25) is 5.91 Å². The number of carbonyl (C=O) groups excluding carboxylic acids is 1. The van der Waals surface area contributed by atoms with Crippen LogP contribution in [0.2, 0.25) is 0 Å². The molecule has 1 unspecified atom stereocenters. The van der Waals surface area contributed by atoms with E-state index in [-0.39, 0.29) is 12.1 Å². The molecule has 1 amide bonds. The summed E-state index contributed by atoms with van der Waals surface area (Å²) in [4.78, 5) is 22.8. The third-order valence-corrected chi connectivity index (χ3v) is 3.93. The van der Waals surface area contributed by atoms with Gasteiger partial charge >= 0.3 is 0 Å². The highest BCUT2D eigenvalue weighted by Crippen LogP contribution is 2.30. The Morgan fingerprint density at radius 2 is 2.39 bits per heavy atom. The summed E-state index contributed by atoms with van der Waals surface area (Å²) in [5, 5.41) is 3.85. The minimum atomic E-state index is -0.0552. The molecule has 1 aliphatic rings. The van der Waals surface area contributed by atoms with Crippen LogP contribution < -0.4 is 5.32 Å². The minimum absolute atomic E-state index is 0.0545. The Kier molecular flexibility index (Phi) is 2.81. The first kappa shape index (κ1) is 11.3. The van der Waals surface area contributed by atoms with Crippen molar-refractivity contribution >= 4 is 17.2 Å². The second-order valence-electron chi connectivity index (χ2n) is 4.19. The van der Waals surface area contributed by atoms with E-state index in [2.05, 4.69) is 15.3 Å². The summed E-state index contributed by atoms with van der Waals surface area (Å²) in [7, 11) is 1.92. The summed E-state index contributed by atoms with van der Waals surface area (Å²) in [6.45, 7) is 0.435. The summed E-state index contributed by atoms with van der Waals surface area (Å²) >= 11 is 1.58. The Bertz CT molecular complexity index is 568. The molecule has 1 N–H and O–H groups in total. The topological polar surface area (TPSA) is 58.1 Å². The van der Waals surface area contributed by atoms with Crippen LogP contribution >= 0.6 is 11.3 Å². The van der Waals surface area contributed by atoms with Gasteiger partial charge in [-0.2, -0.15) is 0 Å². The van der Waals surface area contributed by atoms with Crippen LogP contribution in [0.4, 0.5) is 0 Å². The Morgan fingerprint density at radius 1 is 1.50 bits per heavy atom. The summed E-state index contributed by atoms with van der Waals surface area (Å²) in [5.41, 5.74) is 1.00. The molecule has 0 aliphatic carbocycles. The number of hydrogen-bond acceptors (Lipinski definition) is 5. The Labute approximate surface area is 108 Å². The molecule has 6 heteroatoms. The number of thiazole rings is 1.